The molecule has 3 aromatic rings. The number of carbonyl (C=O) groups excluding carboxylic acids is 1. The van der Waals surface area contributed by atoms with Gasteiger partial charge in [0.1, 0.15) is 5.82 Å². The lowest BCUT2D eigenvalue weighted by Gasteiger charge is -2.35. The van der Waals surface area contributed by atoms with E-state index in [4.69, 9.17) is 0 Å². The Morgan fingerprint density at radius 1 is 1.00 bits per heavy atom. The van der Waals surface area contributed by atoms with Gasteiger partial charge in [-0.15, -0.1) is 5.10 Å². The number of hydrogen-bond acceptors (Lipinski definition) is 4. The summed E-state index contributed by atoms with van der Waals surface area (Å²) in [5, 5.41) is 4.46. The van der Waals surface area contributed by atoms with Crippen molar-refractivity contribution in [3.05, 3.63) is 59.9 Å². The van der Waals surface area contributed by atoms with Crippen molar-refractivity contribution in [1.29, 1.82) is 0 Å². The van der Waals surface area contributed by atoms with Gasteiger partial charge in [0.25, 0.3) is 5.91 Å². The van der Waals surface area contributed by atoms with Crippen LogP contribution in [0.2, 0.25) is 0 Å². The monoisotopic (exact) mass is 375 g/mol. The van der Waals surface area contributed by atoms with E-state index >= 15 is 0 Å². The van der Waals surface area contributed by atoms with Gasteiger partial charge >= 0.3 is 6.18 Å². The van der Waals surface area contributed by atoms with E-state index in [0.717, 1.165) is 17.5 Å². The van der Waals surface area contributed by atoms with Crippen molar-refractivity contribution in [2.45, 2.75) is 6.18 Å². The molecule has 0 atom stereocenters. The van der Waals surface area contributed by atoms with Gasteiger partial charge in [-0.25, -0.2) is 9.50 Å². The molecule has 0 N–H and O–H groups in total. The first kappa shape index (κ1) is 17.3. The van der Waals surface area contributed by atoms with Crippen LogP contribution in [0.3, 0.4) is 0 Å². The van der Waals surface area contributed by atoms with Gasteiger partial charge in [-0.05, 0) is 24.3 Å². The van der Waals surface area contributed by atoms with Crippen molar-refractivity contribution in [2.75, 3.05) is 31.1 Å². The number of rotatable bonds is 2. The number of halogens is 3. The summed E-state index contributed by atoms with van der Waals surface area (Å²) < 4.78 is 41.2. The predicted octanol–water partition coefficient (Wildman–Crippen LogP) is 2.71. The SMILES string of the molecule is O=C(c1ccccc1C(F)(F)F)N1CCN(c2ccc3nccn3n2)CC1. The molecule has 0 unspecified atom stereocenters. The quantitative estimate of drug-likeness (QED) is 0.691. The fraction of sp³-hybridized carbons (Fsp3) is 0.278. The first-order valence-corrected chi connectivity index (χ1v) is 8.44. The lowest BCUT2D eigenvalue weighted by molar-refractivity contribution is -0.138. The minimum absolute atomic E-state index is 0.309. The van der Waals surface area contributed by atoms with Crippen molar-refractivity contribution in [3.8, 4) is 0 Å². The van der Waals surface area contributed by atoms with Gasteiger partial charge in [-0.3, -0.25) is 4.79 Å². The van der Waals surface area contributed by atoms with Crippen LogP contribution < -0.4 is 4.90 Å². The first-order valence-electron chi connectivity index (χ1n) is 8.44. The van der Waals surface area contributed by atoms with Crippen LogP contribution in [0.5, 0.6) is 0 Å². The summed E-state index contributed by atoms with van der Waals surface area (Å²) in [6, 6.07) is 8.59. The highest BCUT2D eigenvalue weighted by atomic mass is 19.4. The highest BCUT2D eigenvalue weighted by molar-refractivity contribution is 5.96. The largest absolute Gasteiger partial charge is 0.417 e. The molecular formula is C18H16F3N5O. The van der Waals surface area contributed by atoms with Crippen molar-refractivity contribution in [2.24, 2.45) is 0 Å². The molecule has 9 heteroatoms. The molecule has 1 aromatic carbocycles. The maximum Gasteiger partial charge on any atom is 0.417 e. The Hall–Kier alpha value is -3.10. The van der Waals surface area contributed by atoms with E-state index in [1.54, 1.807) is 16.9 Å². The van der Waals surface area contributed by atoms with E-state index in [2.05, 4.69) is 10.1 Å². The minimum atomic E-state index is -4.56. The molecule has 0 spiro atoms. The standard InChI is InChI=1S/C18H16F3N5O/c19-18(20,21)14-4-2-1-3-13(14)17(27)25-11-9-24(10-12-25)16-6-5-15-22-7-8-26(15)23-16/h1-8H,9-12H2. The Kier molecular flexibility index (Phi) is 4.21. The zero-order chi connectivity index (χ0) is 19.0. The Morgan fingerprint density at radius 3 is 2.48 bits per heavy atom. The molecule has 0 bridgehead atoms. The molecular weight excluding hydrogens is 359 g/mol. The van der Waals surface area contributed by atoms with Crippen LogP contribution in [0, 0.1) is 0 Å². The Balaban J connectivity index is 1.48. The smallest absolute Gasteiger partial charge is 0.352 e. The summed E-state index contributed by atoms with van der Waals surface area (Å²) in [5.41, 5.74) is -0.475. The minimum Gasteiger partial charge on any atom is -0.352 e. The van der Waals surface area contributed by atoms with E-state index < -0.39 is 17.6 Å². The van der Waals surface area contributed by atoms with Crippen LogP contribution >= 0.6 is 0 Å². The highest BCUT2D eigenvalue weighted by Crippen LogP contribution is 2.32. The van der Waals surface area contributed by atoms with E-state index in [9.17, 15) is 18.0 Å². The zero-order valence-electron chi connectivity index (χ0n) is 14.2. The van der Waals surface area contributed by atoms with Crippen LogP contribution in [-0.4, -0.2) is 51.6 Å². The molecule has 1 amide bonds. The lowest BCUT2D eigenvalue weighted by atomic mass is 10.1. The van der Waals surface area contributed by atoms with Gasteiger partial charge in [0.2, 0.25) is 0 Å². The molecule has 1 aliphatic rings. The Morgan fingerprint density at radius 2 is 1.74 bits per heavy atom. The van der Waals surface area contributed by atoms with Gasteiger partial charge < -0.3 is 9.80 Å². The van der Waals surface area contributed by atoms with Crippen LogP contribution in [0.25, 0.3) is 5.65 Å². The maximum absolute atomic E-state index is 13.2. The van der Waals surface area contributed by atoms with Crippen molar-refractivity contribution in [3.63, 3.8) is 0 Å². The third-order valence-electron chi connectivity index (χ3n) is 4.59. The molecule has 1 aliphatic heterocycles. The highest BCUT2D eigenvalue weighted by Gasteiger charge is 2.36. The second kappa shape index (κ2) is 6.57. The second-order valence-electron chi connectivity index (χ2n) is 6.24. The number of anilines is 1. The normalized spacial score (nSPS) is 15.4. The van der Waals surface area contributed by atoms with Gasteiger partial charge in [-0.1, -0.05) is 12.1 Å². The molecule has 6 nitrogen and oxygen atoms in total. The summed E-state index contributed by atoms with van der Waals surface area (Å²) in [5.74, 6) is 0.142. The fourth-order valence-corrected chi connectivity index (χ4v) is 3.20. The van der Waals surface area contributed by atoms with E-state index in [-0.39, 0.29) is 5.56 Å². The number of carbonyl (C=O) groups is 1. The first-order chi connectivity index (χ1) is 12.9. The fourth-order valence-electron chi connectivity index (χ4n) is 3.20. The third kappa shape index (κ3) is 3.32. The average Bonchev–Trinajstić information content (AvgIpc) is 3.15. The summed E-state index contributed by atoms with van der Waals surface area (Å²) >= 11 is 0. The van der Waals surface area contributed by atoms with Gasteiger partial charge in [0, 0.05) is 38.6 Å². The average molecular weight is 375 g/mol. The number of aromatic nitrogens is 3. The second-order valence-corrected chi connectivity index (χ2v) is 6.24. The third-order valence-corrected chi connectivity index (χ3v) is 4.59. The summed E-state index contributed by atoms with van der Waals surface area (Å²) in [6.07, 6.45) is -1.16. The Labute approximate surface area is 152 Å². The van der Waals surface area contributed by atoms with Crippen LogP contribution in [0.4, 0.5) is 19.0 Å². The van der Waals surface area contributed by atoms with Gasteiger partial charge in [-0.2, -0.15) is 13.2 Å². The number of imidazole rings is 1. The van der Waals surface area contributed by atoms with Crippen molar-refractivity contribution >= 4 is 17.4 Å². The van der Waals surface area contributed by atoms with E-state index in [0.29, 0.717) is 26.2 Å². The van der Waals surface area contributed by atoms with Gasteiger partial charge in [0.15, 0.2) is 5.65 Å². The topological polar surface area (TPSA) is 53.7 Å². The van der Waals surface area contributed by atoms with E-state index in [1.165, 1.54) is 23.1 Å². The molecule has 140 valence electrons. The Bertz CT molecular complexity index is 976. The van der Waals surface area contributed by atoms with Gasteiger partial charge in [0.05, 0.1) is 11.1 Å². The number of fused-ring (bicyclic) bond motifs is 1. The van der Waals surface area contributed by atoms with Crippen molar-refractivity contribution in [1.82, 2.24) is 19.5 Å². The molecule has 0 saturated carbocycles. The number of benzene rings is 1. The van der Waals surface area contributed by atoms with Crippen LogP contribution in [0.1, 0.15) is 15.9 Å². The van der Waals surface area contributed by atoms with Crippen molar-refractivity contribution < 1.29 is 18.0 Å². The molecule has 1 saturated heterocycles. The molecule has 3 heterocycles. The summed E-state index contributed by atoms with van der Waals surface area (Å²) in [7, 11) is 0. The molecule has 27 heavy (non-hydrogen) atoms. The number of hydrogen-bond donors (Lipinski definition) is 0. The summed E-state index contributed by atoms with van der Waals surface area (Å²) in [6.45, 7) is 1.64. The molecule has 1 fully saturated rings. The summed E-state index contributed by atoms with van der Waals surface area (Å²) in [4.78, 5) is 20.2. The number of amides is 1. The number of nitrogens with zero attached hydrogens (tertiary/aromatic N) is 5. The zero-order valence-corrected chi connectivity index (χ0v) is 14.2. The number of piperazine rings is 1. The van der Waals surface area contributed by atoms with E-state index in [1.807, 2.05) is 17.0 Å². The van der Waals surface area contributed by atoms with Crippen LogP contribution in [0.15, 0.2) is 48.8 Å². The van der Waals surface area contributed by atoms with Crippen LogP contribution in [-0.2, 0) is 6.18 Å². The molecule has 2 aromatic heterocycles. The maximum atomic E-state index is 13.2. The number of alkyl halides is 3. The molecule has 0 aliphatic carbocycles. The predicted molar refractivity (Wildman–Crippen MR) is 92.5 cm³/mol. The molecule has 4 rings (SSSR count). The lowest BCUT2D eigenvalue weighted by Crippen LogP contribution is -2.49. The molecule has 0 radical (unpaired) electrons.